The zero-order valence-corrected chi connectivity index (χ0v) is 23.0. The molecule has 0 N–H and O–H groups in total. The van der Waals surface area contributed by atoms with Gasteiger partial charge in [0.1, 0.15) is 24.0 Å². The van der Waals surface area contributed by atoms with Crippen molar-refractivity contribution in [2.45, 2.75) is 26.4 Å². The Hall–Kier alpha value is -2.36. The van der Waals surface area contributed by atoms with Crippen LogP contribution in [-0.4, -0.2) is 15.9 Å². The van der Waals surface area contributed by atoms with Gasteiger partial charge in [0.05, 0.1) is 26.1 Å². The minimum absolute atomic E-state index is 0.00466. The van der Waals surface area contributed by atoms with Crippen molar-refractivity contribution < 1.29 is 9.13 Å². The van der Waals surface area contributed by atoms with Gasteiger partial charge in [-0.1, -0.05) is 41.9 Å². The Morgan fingerprint density at radius 2 is 1.82 bits per heavy atom. The van der Waals surface area contributed by atoms with Gasteiger partial charge in [-0.15, -0.1) is 0 Å². The molecule has 0 aliphatic carbocycles. The summed E-state index contributed by atoms with van der Waals surface area (Å²) < 4.78 is 22.8. The molecule has 0 saturated carbocycles. The first kappa shape index (κ1) is 24.8. The summed E-state index contributed by atoms with van der Waals surface area (Å²) in [7, 11) is 0. The molecule has 0 aliphatic rings. The van der Waals surface area contributed by atoms with Crippen LogP contribution >= 0.6 is 47.8 Å². The Balaban J connectivity index is 1.66. The predicted molar refractivity (Wildman–Crippen MR) is 143 cm³/mol. The van der Waals surface area contributed by atoms with Crippen LogP contribution in [0.4, 0.5) is 4.39 Å². The molecule has 34 heavy (non-hydrogen) atoms. The predicted octanol–water partition coefficient (Wildman–Crippen LogP) is 7.41. The number of fused-ring (bicyclic) bond motifs is 1. The van der Waals surface area contributed by atoms with Crippen molar-refractivity contribution in [1.29, 1.82) is 0 Å². The first-order chi connectivity index (χ1) is 16.2. The third-order valence-corrected chi connectivity index (χ3v) is 6.64. The molecule has 5 nitrogen and oxygen atoms in total. The Labute approximate surface area is 221 Å². The van der Waals surface area contributed by atoms with Gasteiger partial charge in [0.2, 0.25) is 0 Å². The minimum atomic E-state index is -0.308. The topological polar surface area (TPSA) is 56.5 Å². The molecule has 9 heteroatoms. The maximum absolute atomic E-state index is 13.4. The van der Waals surface area contributed by atoms with Crippen molar-refractivity contribution in [1.82, 2.24) is 9.66 Å². The molecule has 4 rings (SSSR count). The maximum atomic E-state index is 13.4. The first-order valence-corrected chi connectivity index (χ1v) is 12.7. The quantitative estimate of drug-likeness (QED) is 0.204. The van der Waals surface area contributed by atoms with Crippen LogP contribution < -0.4 is 10.3 Å². The molecule has 3 aromatic carbocycles. The van der Waals surface area contributed by atoms with E-state index in [0.717, 1.165) is 15.6 Å². The molecule has 0 aliphatic heterocycles. The molecule has 0 fully saturated rings. The lowest BCUT2D eigenvalue weighted by Gasteiger charge is -2.13. The van der Waals surface area contributed by atoms with E-state index < -0.39 is 0 Å². The van der Waals surface area contributed by atoms with Crippen LogP contribution in [0.2, 0.25) is 0 Å². The molecule has 0 atom stereocenters. The zero-order chi connectivity index (χ0) is 24.4. The number of rotatable bonds is 6. The molecule has 0 amide bonds. The van der Waals surface area contributed by atoms with E-state index in [1.165, 1.54) is 16.8 Å². The summed E-state index contributed by atoms with van der Waals surface area (Å²) in [5.41, 5.74) is 1.86. The van der Waals surface area contributed by atoms with E-state index in [2.05, 4.69) is 57.9 Å². The van der Waals surface area contributed by atoms with Gasteiger partial charge < -0.3 is 4.74 Å². The molecular formula is C25H19Br3FN3O2. The smallest absolute Gasteiger partial charge is 0.282 e. The van der Waals surface area contributed by atoms with Crippen molar-refractivity contribution in [3.05, 3.63) is 101 Å². The molecule has 0 radical (unpaired) electrons. The number of ether oxygens (including phenoxy) is 1. The van der Waals surface area contributed by atoms with Crippen LogP contribution in [0.25, 0.3) is 10.9 Å². The second kappa shape index (κ2) is 10.5. The number of aromatic nitrogens is 2. The summed E-state index contributed by atoms with van der Waals surface area (Å²) in [4.78, 5) is 17.8. The highest BCUT2D eigenvalue weighted by molar-refractivity contribution is 9.11. The number of nitrogens with zero attached hydrogens (tertiary/aromatic N) is 3. The van der Waals surface area contributed by atoms with E-state index in [-0.39, 0.29) is 23.9 Å². The monoisotopic (exact) mass is 649 g/mol. The van der Waals surface area contributed by atoms with Gasteiger partial charge >= 0.3 is 0 Å². The van der Waals surface area contributed by atoms with E-state index >= 15 is 0 Å². The van der Waals surface area contributed by atoms with Crippen LogP contribution in [0.3, 0.4) is 0 Å². The summed E-state index contributed by atoms with van der Waals surface area (Å²) in [6, 6.07) is 15.4. The van der Waals surface area contributed by atoms with Crippen LogP contribution in [0.5, 0.6) is 5.75 Å². The van der Waals surface area contributed by atoms with E-state index in [1.54, 1.807) is 24.4 Å². The van der Waals surface area contributed by atoms with Gasteiger partial charge in [0.15, 0.2) is 0 Å². The second-order valence-electron chi connectivity index (χ2n) is 7.88. The average Bonchev–Trinajstić information content (AvgIpc) is 2.78. The first-order valence-electron chi connectivity index (χ1n) is 10.4. The fourth-order valence-electron chi connectivity index (χ4n) is 3.35. The van der Waals surface area contributed by atoms with Gasteiger partial charge in [-0.25, -0.2) is 9.37 Å². The van der Waals surface area contributed by atoms with Crippen molar-refractivity contribution in [2.75, 3.05) is 0 Å². The minimum Gasteiger partial charge on any atom is -0.487 e. The molecule has 0 spiro atoms. The van der Waals surface area contributed by atoms with Crippen LogP contribution in [0.15, 0.2) is 77.9 Å². The summed E-state index contributed by atoms with van der Waals surface area (Å²) in [6.45, 7) is 4.15. The van der Waals surface area contributed by atoms with Gasteiger partial charge in [-0.2, -0.15) is 9.78 Å². The molecule has 4 aromatic rings. The Morgan fingerprint density at radius 1 is 1.09 bits per heavy atom. The third-order valence-electron chi connectivity index (χ3n) is 4.96. The molecule has 0 unspecified atom stereocenters. The normalized spacial score (nSPS) is 11.6. The van der Waals surface area contributed by atoms with Crippen LogP contribution in [-0.2, 0) is 6.61 Å². The lowest BCUT2D eigenvalue weighted by molar-refractivity contribution is 0.301. The molecule has 0 saturated heterocycles. The number of halogens is 4. The summed E-state index contributed by atoms with van der Waals surface area (Å²) >= 11 is 10.5. The van der Waals surface area contributed by atoms with Gasteiger partial charge in [-0.05, 0) is 85.5 Å². The van der Waals surface area contributed by atoms with Gasteiger partial charge in [0.25, 0.3) is 5.56 Å². The van der Waals surface area contributed by atoms with Crippen molar-refractivity contribution in [3.8, 4) is 5.75 Å². The zero-order valence-electron chi connectivity index (χ0n) is 18.2. The average molecular weight is 652 g/mol. The molecule has 174 valence electrons. The third kappa shape index (κ3) is 5.47. The summed E-state index contributed by atoms with van der Waals surface area (Å²) in [5.74, 6) is 0.843. The highest BCUT2D eigenvalue weighted by Gasteiger charge is 2.14. The number of hydrogen-bond donors (Lipinski definition) is 0. The molecule has 1 heterocycles. The Morgan fingerprint density at radius 3 is 2.50 bits per heavy atom. The molecule has 1 aromatic heterocycles. The fraction of sp³-hybridized carbons (Fsp3) is 0.160. The van der Waals surface area contributed by atoms with E-state index in [4.69, 9.17) is 4.74 Å². The van der Waals surface area contributed by atoms with Gasteiger partial charge in [0, 0.05) is 10.4 Å². The van der Waals surface area contributed by atoms with E-state index in [1.807, 2.05) is 38.1 Å². The van der Waals surface area contributed by atoms with Crippen molar-refractivity contribution in [3.63, 3.8) is 0 Å². The Kier molecular flexibility index (Phi) is 7.64. The van der Waals surface area contributed by atoms with Crippen molar-refractivity contribution in [2.24, 2.45) is 5.10 Å². The van der Waals surface area contributed by atoms with Crippen molar-refractivity contribution >= 4 is 64.9 Å². The fourth-order valence-corrected chi connectivity index (χ4v) is 5.16. The van der Waals surface area contributed by atoms with Crippen LogP contribution in [0, 0.1) is 5.82 Å². The summed E-state index contributed by atoms with van der Waals surface area (Å²) in [5, 5.41) is 4.95. The van der Waals surface area contributed by atoms with Gasteiger partial charge in [-0.3, -0.25) is 4.79 Å². The maximum Gasteiger partial charge on any atom is 0.282 e. The van der Waals surface area contributed by atoms with E-state index in [0.29, 0.717) is 31.4 Å². The largest absolute Gasteiger partial charge is 0.487 e. The highest BCUT2D eigenvalue weighted by Crippen LogP contribution is 2.35. The standard InChI is InChI=1S/C25H19Br3FN3O2/c1-14(2)24-31-22-7-6-17(26)11-19(22)25(33)32(24)30-12-16-9-20(27)23(21(28)10-16)34-13-15-4-3-5-18(29)8-15/h3-12,14H,13H2,1-2H3. The molecular weight excluding hydrogens is 633 g/mol. The van der Waals surface area contributed by atoms with Crippen LogP contribution in [0.1, 0.15) is 36.7 Å². The second-order valence-corrected chi connectivity index (χ2v) is 10.5. The number of hydrogen-bond acceptors (Lipinski definition) is 4. The number of benzene rings is 3. The Bertz CT molecular complexity index is 1440. The lowest BCUT2D eigenvalue weighted by atomic mass is 10.2. The van der Waals surface area contributed by atoms with E-state index in [9.17, 15) is 9.18 Å². The summed E-state index contributed by atoms with van der Waals surface area (Å²) in [6.07, 6.45) is 1.60. The molecule has 0 bridgehead atoms. The SMILES string of the molecule is CC(C)c1nc2ccc(Br)cc2c(=O)n1N=Cc1cc(Br)c(OCc2cccc(F)c2)c(Br)c1. The highest BCUT2D eigenvalue weighted by atomic mass is 79.9. The lowest BCUT2D eigenvalue weighted by Crippen LogP contribution is -2.23.